The van der Waals surface area contributed by atoms with E-state index in [0.29, 0.717) is 24.3 Å². The quantitative estimate of drug-likeness (QED) is 0.836. The Bertz CT molecular complexity index is 373. The maximum atomic E-state index is 12.9. The van der Waals surface area contributed by atoms with Gasteiger partial charge in [0, 0.05) is 32.4 Å². The van der Waals surface area contributed by atoms with Crippen LogP contribution < -0.4 is 0 Å². The first-order chi connectivity index (χ1) is 9.89. The van der Waals surface area contributed by atoms with E-state index in [-0.39, 0.29) is 6.42 Å². The minimum absolute atomic E-state index is 0.0648. The van der Waals surface area contributed by atoms with Gasteiger partial charge in [-0.25, -0.2) is 8.78 Å². The summed E-state index contributed by atoms with van der Waals surface area (Å²) in [6.07, 6.45) is 4.51. The van der Waals surface area contributed by atoms with Gasteiger partial charge >= 0.3 is 5.97 Å². The lowest BCUT2D eigenvalue weighted by Gasteiger charge is -2.52. The fourth-order valence-corrected chi connectivity index (χ4v) is 3.95. The summed E-state index contributed by atoms with van der Waals surface area (Å²) in [5.41, 5.74) is 0.336. The number of hydrogen-bond donors (Lipinski definition) is 2. The molecule has 3 fully saturated rings. The van der Waals surface area contributed by atoms with Crippen LogP contribution in [-0.4, -0.2) is 53.7 Å². The van der Waals surface area contributed by atoms with E-state index in [1.54, 1.807) is 0 Å². The summed E-state index contributed by atoms with van der Waals surface area (Å²) in [5.74, 6) is -3.18. The standard InChI is InChI=1S/C14H21F2NO2.CH4O/c15-14(16)8-11(14)9-17-3-1-13(2-4-17)6-10(7-13)5-12(18)19;1-2/h10-11H,1-9H2,(H,18,19);2H,1H3/t11-;/m1./s1. The van der Waals surface area contributed by atoms with Gasteiger partial charge in [0.25, 0.3) is 5.92 Å². The SMILES string of the molecule is CO.O=C(O)CC1CC2(CCN(C[C@H]3CC3(F)F)CC2)C1. The molecular formula is C15H25F2NO3. The van der Waals surface area contributed by atoms with Gasteiger partial charge in [-0.05, 0) is 50.1 Å². The van der Waals surface area contributed by atoms with Crippen molar-refractivity contribution in [2.45, 2.75) is 44.4 Å². The van der Waals surface area contributed by atoms with E-state index in [1.807, 2.05) is 0 Å². The van der Waals surface area contributed by atoms with Crippen LogP contribution >= 0.6 is 0 Å². The molecular weight excluding hydrogens is 280 g/mol. The highest BCUT2D eigenvalue weighted by Crippen LogP contribution is 2.54. The molecule has 0 amide bonds. The number of rotatable bonds is 4. The van der Waals surface area contributed by atoms with Crippen molar-refractivity contribution < 1.29 is 23.8 Å². The zero-order chi connectivity index (χ0) is 15.7. The van der Waals surface area contributed by atoms with Gasteiger partial charge in [0.05, 0.1) is 0 Å². The number of hydrogen-bond acceptors (Lipinski definition) is 3. The fraction of sp³-hybridized carbons (Fsp3) is 0.933. The molecule has 122 valence electrons. The second kappa shape index (κ2) is 6.16. The van der Waals surface area contributed by atoms with Gasteiger partial charge in [0.2, 0.25) is 0 Å². The van der Waals surface area contributed by atoms with Crippen molar-refractivity contribution in [1.82, 2.24) is 4.90 Å². The van der Waals surface area contributed by atoms with Gasteiger partial charge in [-0.3, -0.25) is 4.79 Å². The first kappa shape index (κ1) is 16.6. The first-order valence-electron chi connectivity index (χ1n) is 7.65. The lowest BCUT2D eigenvalue weighted by molar-refractivity contribution is -0.140. The van der Waals surface area contributed by atoms with Gasteiger partial charge in [0.15, 0.2) is 0 Å². The zero-order valence-corrected chi connectivity index (χ0v) is 12.5. The summed E-state index contributed by atoms with van der Waals surface area (Å²) >= 11 is 0. The minimum Gasteiger partial charge on any atom is -0.481 e. The highest BCUT2D eigenvalue weighted by Gasteiger charge is 2.57. The number of aliphatic hydroxyl groups excluding tert-OH is 1. The Labute approximate surface area is 124 Å². The van der Waals surface area contributed by atoms with Crippen LogP contribution in [0.5, 0.6) is 0 Å². The van der Waals surface area contributed by atoms with Crippen LogP contribution in [0.3, 0.4) is 0 Å². The third-order valence-corrected chi connectivity index (χ3v) is 5.26. The second-order valence-corrected chi connectivity index (χ2v) is 6.83. The molecule has 21 heavy (non-hydrogen) atoms. The predicted molar refractivity (Wildman–Crippen MR) is 74.3 cm³/mol. The molecule has 6 heteroatoms. The summed E-state index contributed by atoms with van der Waals surface area (Å²) < 4.78 is 25.7. The molecule has 1 atom stereocenters. The smallest absolute Gasteiger partial charge is 0.303 e. The number of carboxylic acids is 1. The number of nitrogens with zero attached hydrogens (tertiary/aromatic N) is 1. The molecule has 4 nitrogen and oxygen atoms in total. The molecule has 2 saturated carbocycles. The Morgan fingerprint density at radius 1 is 1.19 bits per heavy atom. The molecule has 0 aromatic rings. The molecule has 0 aromatic heterocycles. The third kappa shape index (κ3) is 3.92. The van der Waals surface area contributed by atoms with Crippen LogP contribution in [0.2, 0.25) is 0 Å². The van der Waals surface area contributed by atoms with Crippen molar-refractivity contribution in [3.05, 3.63) is 0 Å². The number of aliphatic hydroxyl groups is 1. The van der Waals surface area contributed by atoms with Gasteiger partial charge < -0.3 is 15.1 Å². The topological polar surface area (TPSA) is 60.8 Å². The number of piperidine rings is 1. The highest BCUT2D eigenvalue weighted by atomic mass is 19.3. The number of halogens is 2. The van der Waals surface area contributed by atoms with Crippen molar-refractivity contribution >= 4 is 5.97 Å². The normalized spacial score (nSPS) is 30.2. The monoisotopic (exact) mass is 305 g/mol. The molecule has 2 aliphatic carbocycles. The van der Waals surface area contributed by atoms with Crippen LogP contribution in [0.1, 0.15) is 38.5 Å². The molecule has 1 spiro atoms. The molecule has 0 aromatic carbocycles. The Kier molecular flexibility index (Phi) is 4.88. The predicted octanol–water partition coefficient (Wildman–Crippen LogP) is 2.22. The van der Waals surface area contributed by atoms with Crippen LogP contribution in [0.4, 0.5) is 8.78 Å². The number of alkyl halides is 2. The molecule has 1 heterocycles. The number of likely N-dealkylation sites (tertiary alicyclic amines) is 1. The highest BCUT2D eigenvalue weighted by molar-refractivity contribution is 5.67. The summed E-state index contributed by atoms with van der Waals surface area (Å²) in [6.45, 7) is 2.36. The number of carbonyl (C=O) groups is 1. The van der Waals surface area contributed by atoms with E-state index in [2.05, 4.69) is 4.90 Å². The van der Waals surface area contributed by atoms with Crippen LogP contribution in [0.15, 0.2) is 0 Å². The molecule has 3 aliphatic rings. The van der Waals surface area contributed by atoms with Gasteiger partial charge in [-0.1, -0.05) is 0 Å². The van der Waals surface area contributed by atoms with E-state index in [1.165, 1.54) is 0 Å². The fourth-order valence-electron chi connectivity index (χ4n) is 3.95. The van der Waals surface area contributed by atoms with Gasteiger partial charge in [-0.15, -0.1) is 0 Å². The first-order valence-corrected chi connectivity index (χ1v) is 7.65. The molecule has 3 rings (SSSR count). The summed E-state index contributed by atoms with van der Waals surface area (Å²) in [4.78, 5) is 12.8. The van der Waals surface area contributed by atoms with Gasteiger partial charge in [-0.2, -0.15) is 0 Å². The third-order valence-electron chi connectivity index (χ3n) is 5.26. The summed E-state index contributed by atoms with van der Waals surface area (Å²) in [5, 5.41) is 15.8. The molecule has 1 aliphatic heterocycles. The maximum Gasteiger partial charge on any atom is 0.303 e. The Balaban J connectivity index is 0.000000774. The molecule has 1 saturated heterocycles. The average Bonchev–Trinajstić information content (AvgIpc) is 2.99. The average molecular weight is 305 g/mol. The summed E-state index contributed by atoms with van der Waals surface area (Å²) in [6, 6.07) is 0. The molecule has 0 radical (unpaired) electrons. The van der Waals surface area contributed by atoms with Crippen molar-refractivity contribution in [2.24, 2.45) is 17.3 Å². The lowest BCUT2D eigenvalue weighted by atomic mass is 9.57. The van der Waals surface area contributed by atoms with Gasteiger partial charge in [0.1, 0.15) is 0 Å². The lowest BCUT2D eigenvalue weighted by Crippen LogP contribution is -2.48. The van der Waals surface area contributed by atoms with E-state index in [0.717, 1.165) is 45.9 Å². The van der Waals surface area contributed by atoms with Crippen molar-refractivity contribution in [3.63, 3.8) is 0 Å². The van der Waals surface area contributed by atoms with E-state index >= 15 is 0 Å². The van der Waals surface area contributed by atoms with Crippen LogP contribution in [0.25, 0.3) is 0 Å². The van der Waals surface area contributed by atoms with Crippen LogP contribution in [0, 0.1) is 17.3 Å². The second-order valence-electron chi connectivity index (χ2n) is 6.83. The number of carboxylic acid groups (broad SMARTS) is 1. The Morgan fingerprint density at radius 3 is 2.14 bits per heavy atom. The van der Waals surface area contributed by atoms with E-state index in [9.17, 15) is 13.6 Å². The maximum absolute atomic E-state index is 12.9. The van der Waals surface area contributed by atoms with Crippen molar-refractivity contribution in [2.75, 3.05) is 26.7 Å². The summed E-state index contributed by atoms with van der Waals surface area (Å²) in [7, 11) is 1.00. The van der Waals surface area contributed by atoms with Crippen molar-refractivity contribution in [3.8, 4) is 0 Å². The minimum atomic E-state index is -2.40. The number of aliphatic carboxylic acids is 1. The van der Waals surface area contributed by atoms with E-state index < -0.39 is 17.8 Å². The zero-order valence-electron chi connectivity index (χ0n) is 12.5. The molecule has 0 bridgehead atoms. The largest absolute Gasteiger partial charge is 0.481 e. The van der Waals surface area contributed by atoms with E-state index in [4.69, 9.17) is 10.2 Å². The molecule has 0 unspecified atom stereocenters. The Morgan fingerprint density at radius 2 is 1.71 bits per heavy atom. The Hall–Kier alpha value is -0.750. The van der Waals surface area contributed by atoms with Crippen LogP contribution in [-0.2, 0) is 4.79 Å². The molecule has 2 N–H and O–H groups in total. The van der Waals surface area contributed by atoms with Crippen molar-refractivity contribution in [1.29, 1.82) is 0 Å².